The van der Waals surface area contributed by atoms with Crippen molar-refractivity contribution in [1.82, 2.24) is 5.32 Å². The van der Waals surface area contributed by atoms with Gasteiger partial charge in [0.25, 0.3) is 0 Å². The minimum absolute atomic E-state index is 0.0667. The van der Waals surface area contributed by atoms with Crippen LogP contribution in [0.4, 0.5) is 11.4 Å². The van der Waals surface area contributed by atoms with Crippen molar-refractivity contribution >= 4 is 28.9 Å². The predicted octanol–water partition coefficient (Wildman–Crippen LogP) is 3.08. The molecule has 0 radical (unpaired) electrons. The molecule has 2 aliphatic heterocycles. The minimum Gasteiger partial charge on any atom is -0.493 e. The standard InChI is InChI=1S/C20H22ClN3O2/c21-15-3-1-2-14(10-15)6-9-26-17-4-5-18-19(12-17)24-8-7-22-13-16(24)11-20(25)23-18/h1-5,10,12,16,22H,6-9,11,13H2,(H,23,25). The van der Waals surface area contributed by atoms with Gasteiger partial charge in [0.2, 0.25) is 5.91 Å². The second-order valence-corrected chi connectivity index (χ2v) is 7.15. The third-order valence-corrected chi connectivity index (χ3v) is 5.11. The molecule has 0 bridgehead atoms. The summed E-state index contributed by atoms with van der Waals surface area (Å²) in [5.74, 6) is 0.885. The van der Waals surface area contributed by atoms with E-state index in [1.807, 2.05) is 42.5 Å². The van der Waals surface area contributed by atoms with E-state index in [4.69, 9.17) is 16.3 Å². The van der Waals surface area contributed by atoms with E-state index in [2.05, 4.69) is 15.5 Å². The highest BCUT2D eigenvalue weighted by atomic mass is 35.5. The molecule has 1 amide bonds. The molecule has 2 N–H and O–H groups in total. The van der Waals surface area contributed by atoms with Crippen molar-refractivity contribution in [1.29, 1.82) is 0 Å². The molecule has 136 valence electrons. The van der Waals surface area contributed by atoms with Gasteiger partial charge in [-0.3, -0.25) is 4.79 Å². The van der Waals surface area contributed by atoms with E-state index in [0.29, 0.717) is 13.0 Å². The van der Waals surface area contributed by atoms with Crippen LogP contribution >= 0.6 is 11.6 Å². The molecule has 1 atom stereocenters. The van der Waals surface area contributed by atoms with Gasteiger partial charge in [0.1, 0.15) is 5.75 Å². The molecular weight excluding hydrogens is 350 g/mol. The minimum atomic E-state index is 0.0667. The Bertz CT molecular complexity index is 811. The van der Waals surface area contributed by atoms with E-state index in [9.17, 15) is 4.79 Å². The number of carbonyl (C=O) groups excluding carboxylic acids is 1. The number of halogens is 1. The maximum absolute atomic E-state index is 12.1. The molecule has 0 spiro atoms. The van der Waals surface area contributed by atoms with E-state index in [0.717, 1.165) is 53.8 Å². The topological polar surface area (TPSA) is 53.6 Å². The van der Waals surface area contributed by atoms with Crippen LogP contribution in [0.1, 0.15) is 12.0 Å². The molecule has 2 heterocycles. The fraction of sp³-hybridized carbons (Fsp3) is 0.350. The zero-order valence-corrected chi connectivity index (χ0v) is 15.3. The number of nitrogens with one attached hydrogen (secondary N) is 2. The molecule has 1 unspecified atom stereocenters. The van der Waals surface area contributed by atoms with E-state index >= 15 is 0 Å². The van der Waals surface area contributed by atoms with E-state index in [-0.39, 0.29) is 11.9 Å². The fourth-order valence-electron chi connectivity index (χ4n) is 3.60. The molecule has 1 fully saturated rings. The van der Waals surface area contributed by atoms with Crippen molar-refractivity contribution in [2.45, 2.75) is 18.9 Å². The van der Waals surface area contributed by atoms with Crippen LogP contribution in [0.25, 0.3) is 0 Å². The first kappa shape index (κ1) is 17.2. The van der Waals surface area contributed by atoms with Gasteiger partial charge in [-0.05, 0) is 29.8 Å². The molecular formula is C20H22ClN3O2. The Balaban J connectivity index is 1.49. The summed E-state index contributed by atoms with van der Waals surface area (Å²) in [6, 6.07) is 13.9. The van der Waals surface area contributed by atoms with Crippen molar-refractivity contribution in [2.75, 3.05) is 36.5 Å². The van der Waals surface area contributed by atoms with Crippen LogP contribution in [0.2, 0.25) is 5.02 Å². The zero-order valence-electron chi connectivity index (χ0n) is 14.5. The average molecular weight is 372 g/mol. The van der Waals surface area contributed by atoms with Crippen LogP contribution in [0.3, 0.4) is 0 Å². The first-order valence-corrected chi connectivity index (χ1v) is 9.35. The van der Waals surface area contributed by atoms with Crippen LogP contribution in [-0.2, 0) is 11.2 Å². The summed E-state index contributed by atoms with van der Waals surface area (Å²) in [4.78, 5) is 14.4. The number of piperazine rings is 1. The highest BCUT2D eigenvalue weighted by Crippen LogP contribution is 2.35. The molecule has 5 nitrogen and oxygen atoms in total. The number of amides is 1. The molecule has 0 saturated carbocycles. The predicted molar refractivity (Wildman–Crippen MR) is 104 cm³/mol. The van der Waals surface area contributed by atoms with E-state index < -0.39 is 0 Å². The third kappa shape index (κ3) is 3.79. The molecule has 2 aromatic rings. The van der Waals surface area contributed by atoms with Crippen LogP contribution < -0.4 is 20.3 Å². The number of hydrogen-bond donors (Lipinski definition) is 2. The summed E-state index contributed by atoms with van der Waals surface area (Å²) in [6.07, 6.45) is 1.30. The van der Waals surface area contributed by atoms with Gasteiger partial charge in [0, 0.05) is 43.6 Å². The van der Waals surface area contributed by atoms with Crippen LogP contribution in [-0.4, -0.2) is 38.2 Å². The van der Waals surface area contributed by atoms with Crippen molar-refractivity contribution in [3.05, 3.63) is 53.1 Å². The van der Waals surface area contributed by atoms with Gasteiger partial charge in [-0.15, -0.1) is 0 Å². The summed E-state index contributed by atoms with van der Waals surface area (Å²) in [6.45, 7) is 3.21. The number of benzene rings is 2. The number of fused-ring (bicyclic) bond motifs is 3. The largest absolute Gasteiger partial charge is 0.493 e. The Morgan fingerprint density at radius 3 is 3.04 bits per heavy atom. The van der Waals surface area contributed by atoms with Gasteiger partial charge in [0.05, 0.1) is 24.0 Å². The normalized spacial score (nSPS) is 19.2. The number of ether oxygens (including phenoxy) is 1. The quantitative estimate of drug-likeness (QED) is 0.867. The Hall–Kier alpha value is -2.24. The average Bonchev–Trinajstić information content (AvgIpc) is 2.77. The Kier molecular flexibility index (Phi) is 5.00. The third-order valence-electron chi connectivity index (χ3n) is 4.87. The number of hydrogen-bond acceptors (Lipinski definition) is 4. The van der Waals surface area contributed by atoms with Crippen LogP contribution in [0.5, 0.6) is 5.75 Å². The highest BCUT2D eigenvalue weighted by Gasteiger charge is 2.30. The van der Waals surface area contributed by atoms with Gasteiger partial charge in [-0.25, -0.2) is 0 Å². The molecule has 4 rings (SSSR count). The number of carbonyl (C=O) groups is 1. The van der Waals surface area contributed by atoms with Crippen molar-refractivity contribution in [3.63, 3.8) is 0 Å². The summed E-state index contributed by atoms with van der Waals surface area (Å²) < 4.78 is 5.97. The van der Waals surface area contributed by atoms with Gasteiger partial charge < -0.3 is 20.3 Å². The van der Waals surface area contributed by atoms with Gasteiger partial charge in [-0.2, -0.15) is 0 Å². The highest BCUT2D eigenvalue weighted by molar-refractivity contribution is 6.30. The first-order chi connectivity index (χ1) is 12.7. The molecule has 26 heavy (non-hydrogen) atoms. The summed E-state index contributed by atoms with van der Waals surface area (Å²) in [5.41, 5.74) is 3.06. The zero-order chi connectivity index (χ0) is 17.9. The lowest BCUT2D eigenvalue weighted by Gasteiger charge is -2.36. The maximum Gasteiger partial charge on any atom is 0.226 e. The lowest BCUT2D eigenvalue weighted by Crippen LogP contribution is -2.51. The Morgan fingerprint density at radius 2 is 2.15 bits per heavy atom. The Morgan fingerprint density at radius 1 is 1.23 bits per heavy atom. The van der Waals surface area contributed by atoms with Gasteiger partial charge >= 0.3 is 0 Å². The maximum atomic E-state index is 12.1. The van der Waals surface area contributed by atoms with Crippen LogP contribution in [0, 0.1) is 0 Å². The second kappa shape index (κ2) is 7.56. The van der Waals surface area contributed by atoms with Gasteiger partial charge in [-0.1, -0.05) is 23.7 Å². The molecule has 0 aliphatic carbocycles. The molecule has 0 aromatic heterocycles. The van der Waals surface area contributed by atoms with E-state index in [1.165, 1.54) is 0 Å². The SMILES string of the molecule is O=C1CC2CNCCN2c2cc(OCCc3cccc(Cl)c3)ccc2N1. The summed E-state index contributed by atoms with van der Waals surface area (Å²) in [7, 11) is 0. The number of nitrogens with zero attached hydrogens (tertiary/aromatic N) is 1. The molecule has 6 heteroatoms. The summed E-state index contributed by atoms with van der Waals surface area (Å²) in [5, 5.41) is 7.13. The van der Waals surface area contributed by atoms with Crippen molar-refractivity contribution < 1.29 is 9.53 Å². The molecule has 2 aliphatic rings. The van der Waals surface area contributed by atoms with Gasteiger partial charge in [0.15, 0.2) is 0 Å². The molecule has 1 saturated heterocycles. The fourth-order valence-corrected chi connectivity index (χ4v) is 3.81. The molecule has 2 aromatic carbocycles. The number of rotatable bonds is 4. The van der Waals surface area contributed by atoms with Crippen LogP contribution in [0.15, 0.2) is 42.5 Å². The van der Waals surface area contributed by atoms with E-state index in [1.54, 1.807) is 0 Å². The first-order valence-electron chi connectivity index (χ1n) is 8.97. The van der Waals surface area contributed by atoms with Crippen molar-refractivity contribution in [2.24, 2.45) is 0 Å². The van der Waals surface area contributed by atoms with Crippen molar-refractivity contribution in [3.8, 4) is 5.75 Å². The second-order valence-electron chi connectivity index (χ2n) is 6.71. The lowest BCUT2D eigenvalue weighted by molar-refractivity contribution is -0.116. The number of anilines is 2. The smallest absolute Gasteiger partial charge is 0.226 e. The summed E-state index contributed by atoms with van der Waals surface area (Å²) >= 11 is 6.03. The Labute approximate surface area is 158 Å². The lowest BCUT2D eigenvalue weighted by atomic mass is 10.1. The monoisotopic (exact) mass is 371 g/mol.